The zero-order valence-corrected chi connectivity index (χ0v) is 16.8. The molecular formula is C19H29N3O4S. The average molecular weight is 396 g/mol. The van der Waals surface area contributed by atoms with Crippen molar-refractivity contribution in [2.24, 2.45) is 5.92 Å². The van der Waals surface area contributed by atoms with Crippen molar-refractivity contribution in [3.8, 4) is 0 Å². The molecule has 0 saturated carbocycles. The van der Waals surface area contributed by atoms with Gasteiger partial charge in [0.15, 0.2) is 0 Å². The zero-order chi connectivity index (χ0) is 19.4. The summed E-state index contributed by atoms with van der Waals surface area (Å²) in [7, 11) is -3.83. The van der Waals surface area contributed by atoms with Gasteiger partial charge >= 0.3 is 0 Å². The molecular weight excluding hydrogens is 366 g/mol. The SMILES string of the molecule is CC1CCN(C(=O)Cn2cccc(S(=O)(=O)N3CCCCCC3)c2=O)CC1. The highest BCUT2D eigenvalue weighted by molar-refractivity contribution is 7.89. The third-order valence-corrected chi connectivity index (χ3v) is 7.52. The van der Waals surface area contributed by atoms with Crippen molar-refractivity contribution in [2.75, 3.05) is 26.2 Å². The Morgan fingerprint density at radius 3 is 2.33 bits per heavy atom. The van der Waals surface area contributed by atoms with E-state index in [4.69, 9.17) is 0 Å². The molecule has 0 spiro atoms. The van der Waals surface area contributed by atoms with Gasteiger partial charge in [0.25, 0.3) is 5.56 Å². The van der Waals surface area contributed by atoms with E-state index < -0.39 is 15.6 Å². The standard InChI is InChI=1S/C19H29N3O4S/c1-16-8-13-20(14-9-16)18(23)15-21-10-6-7-17(19(21)24)27(25,26)22-11-4-2-3-5-12-22/h6-7,10,16H,2-5,8-9,11-15H2,1H3. The van der Waals surface area contributed by atoms with E-state index >= 15 is 0 Å². The molecule has 2 aliphatic heterocycles. The summed E-state index contributed by atoms with van der Waals surface area (Å²) in [6.45, 7) is 4.34. The third-order valence-electron chi connectivity index (χ3n) is 5.61. The summed E-state index contributed by atoms with van der Waals surface area (Å²) in [5, 5.41) is 0. The summed E-state index contributed by atoms with van der Waals surface area (Å²) in [6, 6.07) is 2.89. The number of likely N-dealkylation sites (tertiary alicyclic amines) is 1. The minimum atomic E-state index is -3.83. The lowest BCUT2D eigenvalue weighted by atomic mass is 9.99. The maximum absolute atomic E-state index is 13.0. The van der Waals surface area contributed by atoms with Crippen LogP contribution in [-0.2, 0) is 21.4 Å². The van der Waals surface area contributed by atoms with Gasteiger partial charge in [-0.05, 0) is 43.7 Å². The Bertz CT molecular complexity index is 818. The normalized spacial score (nSPS) is 20.4. The minimum Gasteiger partial charge on any atom is -0.341 e. The monoisotopic (exact) mass is 395 g/mol. The lowest BCUT2D eigenvalue weighted by Gasteiger charge is -2.30. The van der Waals surface area contributed by atoms with Gasteiger partial charge in [0.1, 0.15) is 11.4 Å². The number of hydrogen-bond acceptors (Lipinski definition) is 4. The van der Waals surface area contributed by atoms with E-state index in [0.29, 0.717) is 32.1 Å². The number of amides is 1. The van der Waals surface area contributed by atoms with Gasteiger partial charge in [-0.25, -0.2) is 8.42 Å². The summed E-state index contributed by atoms with van der Waals surface area (Å²) in [5.74, 6) is 0.479. The van der Waals surface area contributed by atoms with E-state index in [1.807, 2.05) is 0 Å². The van der Waals surface area contributed by atoms with Crippen LogP contribution in [0.15, 0.2) is 28.0 Å². The van der Waals surface area contributed by atoms with Gasteiger partial charge in [0.05, 0.1) is 0 Å². The first-order valence-electron chi connectivity index (χ1n) is 9.87. The van der Waals surface area contributed by atoms with Crippen molar-refractivity contribution >= 4 is 15.9 Å². The smallest absolute Gasteiger partial charge is 0.271 e. The number of pyridine rings is 1. The molecule has 2 aliphatic rings. The maximum atomic E-state index is 13.0. The molecule has 7 nitrogen and oxygen atoms in total. The highest BCUT2D eigenvalue weighted by atomic mass is 32.2. The van der Waals surface area contributed by atoms with Crippen molar-refractivity contribution < 1.29 is 13.2 Å². The van der Waals surface area contributed by atoms with Gasteiger partial charge in [-0.15, -0.1) is 0 Å². The van der Waals surface area contributed by atoms with Crippen LogP contribution in [0.4, 0.5) is 0 Å². The van der Waals surface area contributed by atoms with Crippen LogP contribution in [0.3, 0.4) is 0 Å². The molecule has 0 radical (unpaired) electrons. The minimum absolute atomic E-state index is 0.115. The second-order valence-electron chi connectivity index (χ2n) is 7.69. The molecule has 0 aliphatic carbocycles. The lowest BCUT2D eigenvalue weighted by Crippen LogP contribution is -2.42. The van der Waals surface area contributed by atoms with Gasteiger partial charge in [0.2, 0.25) is 15.9 Å². The number of hydrogen-bond donors (Lipinski definition) is 0. The maximum Gasteiger partial charge on any atom is 0.271 e. The van der Waals surface area contributed by atoms with E-state index in [1.165, 1.54) is 27.2 Å². The van der Waals surface area contributed by atoms with Crippen molar-refractivity contribution in [2.45, 2.75) is 56.9 Å². The fourth-order valence-electron chi connectivity index (χ4n) is 3.76. The number of aromatic nitrogens is 1. The van der Waals surface area contributed by atoms with E-state index in [1.54, 1.807) is 4.90 Å². The van der Waals surface area contributed by atoms with Crippen LogP contribution in [0.2, 0.25) is 0 Å². The van der Waals surface area contributed by atoms with E-state index in [-0.39, 0.29) is 17.3 Å². The Kier molecular flexibility index (Phi) is 6.37. The first-order chi connectivity index (χ1) is 12.9. The second kappa shape index (κ2) is 8.56. The van der Waals surface area contributed by atoms with Crippen LogP contribution in [0, 0.1) is 5.92 Å². The Hall–Kier alpha value is -1.67. The predicted molar refractivity (Wildman–Crippen MR) is 103 cm³/mol. The molecule has 0 N–H and O–H groups in total. The summed E-state index contributed by atoms with van der Waals surface area (Å²) in [5.41, 5.74) is -0.611. The molecule has 0 atom stereocenters. The summed E-state index contributed by atoms with van der Waals surface area (Å²) in [6.07, 6.45) is 7.06. The first-order valence-corrected chi connectivity index (χ1v) is 11.3. The van der Waals surface area contributed by atoms with Gasteiger partial charge in [-0.3, -0.25) is 9.59 Å². The molecule has 1 aromatic rings. The fraction of sp³-hybridized carbons (Fsp3) is 0.684. The van der Waals surface area contributed by atoms with Crippen molar-refractivity contribution in [3.63, 3.8) is 0 Å². The molecule has 8 heteroatoms. The summed E-state index contributed by atoms with van der Waals surface area (Å²) >= 11 is 0. The molecule has 3 rings (SSSR count). The number of sulfonamides is 1. The quantitative estimate of drug-likeness (QED) is 0.777. The molecule has 1 aromatic heterocycles. The molecule has 27 heavy (non-hydrogen) atoms. The Balaban J connectivity index is 1.79. The lowest BCUT2D eigenvalue weighted by molar-refractivity contribution is -0.133. The Morgan fingerprint density at radius 1 is 1.07 bits per heavy atom. The number of rotatable bonds is 4. The molecule has 2 fully saturated rings. The van der Waals surface area contributed by atoms with Crippen molar-refractivity contribution in [1.29, 1.82) is 0 Å². The number of carbonyl (C=O) groups excluding carboxylic acids is 1. The van der Waals surface area contributed by atoms with Crippen molar-refractivity contribution in [1.82, 2.24) is 13.8 Å². The molecule has 0 aromatic carbocycles. The molecule has 150 valence electrons. The van der Waals surface area contributed by atoms with Crippen LogP contribution < -0.4 is 5.56 Å². The first kappa shape index (κ1) is 20.1. The average Bonchev–Trinajstić information content (AvgIpc) is 2.94. The Labute approximate surface area is 161 Å². The van der Waals surface area contributed by atoms with Crippen LogP contribution in [0.1, 0.15) is 45.4 Å². The number of carbonyl (C=O) groups is 1. The number of nitrogens with zero attached hydrogens (tertiary/aromatic N) is 3. The highest BCUT2D eigenvalue weighted by Gasteiger charge is 2.29. The largest absolute Gasteiger partial charge is 0.341 e. The van der Waals surface area contributed by atoms with Crippen LogP contribution in [-0.4, -0.2) is 54.3 Å². The van der Waals surface area contributed by atoms with Crippen LogP contribution in [0.5, 0.6) is 0 Å². The van der Waals surface area contributed by atoms with Gasteiger partial charge < -0.3 is 9.47 Å². The third kappa shape index (κ3) is 4.60. The summed E-state index contributed by atoms with van der Waals surface area (Å²) < 4.78 is 28.5. The van der Waals surface area contributed by atoms with Crippen LogP contribution >= 0.6 is 0 Å². The molecule has 3 heterocycles. The topological polar surface area (TPSA) is 79.7 Å². The van der Waals surface area contributed by atoms with Crippen LogP contribution in [0.25, 0.3) is 0 Å². The summed E-state index contributed by atoms with van der Waals surface area (Å²) in [4.78, 5) is 26.9. The Morgan fingerprint density at radius 2 is 1.70 bits per heavy atom. The zero-order valence-electron chi connectivity index (χ0n) is 16.0. The van der Waals surface area contributed by atoms with Gasteiger partial charge in [0, 0.05) is 32.4 Å². The van der Waals surface area contributed by atoms with Crippen molar-refractivity contribution in [3.05, 3.63) is 28.7 Å². The molecule has 0 bridgehead atoms. The molecule has 1 amide bonds. The van der Waals surface area contributed by atoms with Gasteiger partial charge in [-0.1, -0.05) is 19.8 Å². The van der Waals surface area contributed by atoms with E-state index in [2.05, 4.69) is 6.92 Å². The second-order valence-corrected chi connectivity index (χ2v) is 9.59. The van der Waals surface area contributed by atoms with E-state index in [9.17, 15) is 18.0 Å². The van der Waals surface area contributed by atoms with Gasteiger partial charge in [-0.2, -0.15) is 4.31 Å². The number of piperidine rings is 1. The molecule has 0 unspecified atom stereocenters. The predicted octanol–water partition coefficient (Wildman–Crippen LogP) is 1.67. The fourth-order valence-corrected chi connectivity index (χ4v) is 5.37. The molecule has 2 saturated heterocycles. The highest BCUT2D eigenvalue weighted by Crippen LogP contribution is 2.18. The van der Waals surface area contributed by atoms with E-state index in [0.717, 1.165) is 38.5 Å².